The molecule has 0 radical (unpaired) electrons. The smallest absolute Gasteiger partial charge is 0.298 e. The molecule has 4 heteroatoms. The van der Waals surface area contributed by atoms with Crippen LogP contribution in [-0.4, -0.2) is 24.2 Å². The van der Waals surface area contributed by atoms with Gasteiger partial charge in [-0.25, -0.2) is 0 Å². The molecular formula is C13H17NO3. The van der Waals surface area contributed by atoms with E-state index < -0.39 is 6.10 Å². The van der Waals surface area contributed by atoms with Crippen LogP contribution in [0.5, 0.6) is 5.75 Å². The Morgan fingerprint density at radius 2 is 2.29 bits per heavy atom. The molecule has 4 nitrogen and oxygen atoms in total. The van der Waals surface area contributed by atoms with Crippen LogP contribution in [0.25, 0.3) is 6.08 Å². The molecule has 0 aliphatic carbocycles. The third-order valence-corrected chi connectivity index (χ3v) is 2.14. The van der Waals surface area contributed by atoms with E-state index in [1.54, 1.807) is 13.0 Å². The summed E-state index contributed by atoms with van der Waals surface area (Å²) < 4.78 is 4.90. The van der Waals surface area contributed by atoms with Crippen LogP contribution < -0.4 is 10.1 Å². The summed E-state index contributed by atoms with van der Waals surface area (Å²) in [6.45, 7) is 4.44. The van der Waals surface area contributed by atoms with E-state index in [1.807, 2.05) is 31.2 Å². The molecule has 1 unspecified atom stereocenters. The molecule has 92 valence electrons. The number of hydrogen-bond donors (Lipinski definition) is 2. The Kier molecular flexibility index (Phi) is 5.23. The number of benzene rings is 1. The van der Waals surface area contributed by atoms with Gasteiger partial charge in [0.15, 0.2) is 0 Å². The first-order chi connectivity index (χ1) is 8.17. The number of carbonyl (C=O) groups excluding carboxylic acids is 1. The number of rotatable bonds is 6. The highest BCUT2D eigenvalue weighted by atomic mass is 16.5. The van der Waals surface area contributed by atoms with Crippen LogP contribution in [0.3, 0.4) is 0 Å². The van der Waals surface area contributed by atoms with Gasteiger partial charge in [0.25, 0.3) is 6.47 Å². The van der Waals surface area contributed by atoms with Gasteiger partial charge in [0.1, 0.15) is 5.75 Å². The van der Waals surface area contributed by atoms with Gasteiger partial charge in [0.2, 0.25) is 0 Å². The van der Waals surface area contributed by atoms with Gasteiger partial charge in [0.05, 0.1) is 6.10 Å². The Bertz CT molecular complexity index is 400. The lowest BCUT2D eigenvalue weighted by molar-refractivity contribution is -0.120. The number of carbonyl (C=O) groups is 1. The largest absolute Gasteiger partial charge is 0.428 e. The first-order valence-electron chi connectivity index (χ1n) is 5.46. The summed E-state index contributed by atoms with van der Waals surface area (Å²) in [5.41, 5.74) is 1.64. The van der Waals surface area contributed by atoms with Gasteiger partial charge >= 0.3 is 0 Å². The molecule has 1 aromatic carbocycles. The Morgan fingerprint density at radius 3 is 2.88 bits per heavy atom. The Morgan fingerprint density at radius 1 is 1.53 bits per heavy atom. The summed E-state index contributed by atoms with van der Waals surface area (Å²) in [5, 5.41) is 12.2. The average Bonchev–Trinajstić information content (AvgIpc) is 2.30. The van der Waals surface area contributed by atoms with Gasteiger partial charge in [-0.05, 0) is 26.0 Å². The number of aliphatic hydroxyl groups excluding tert-OH is 1. The van der Waals surface area contributed by atoms with Crippen LogP contribution in [-0.2, 0) is 4.79 Å². The van der Waals surface area contributed by atoms with Gasteiger partial charge in [-0.3, -0.25) is 4.79 Å². The molecule has 1 rings (SSSR count). The second kappa shape index (κ2) is 6.70. The van der Waals surface area contributed by atoms with E-state index in [2.05, 4.69) is 5.32 Å². The van der Waals surface area contributed by atoms with E-state index in [9.17, 15) is 4.79 Å². The van der Waals surface area contributed by atoms with Crippen molar-refractivity contribution in [3.63, 3.8) is 0 Å². The van der Waals surface area contributed by atoms with Crippen LogP contribution >= 0.6 is 0 Å². The van der Waals surface area contributed by atoms with E-state index in [0.717, 1.165) is 11.3 Å². The zero-order valence-electron chi connectivity index (χ0n) is 10.0. The SMILES string of the molecule is C/C=C\c1ccc(NCC(C)O)cc1OC=O. The van der Waals surface area contributed by atoms with Crippen LogP contribution in [0.15, 0.2) is 24.3 Å². The van der Waals surface area contributed by atoms with Gasteiger partial charge in [-0.1, -0.05) is 12.2 Å². The molecule has 0 spiro atoms. The Labute approximate surface area is 101 Å². The molecule has 0 fully saturated rings. The second-order valence-corrected chi connectivity index (χ2v) is 3.70. The predicted molar refractivity (Wildman–Crippen MR) is 68.0 cm³/mol. The molecular weight excluding hydrogens is 218 g/mol. The van der Waals surface area contributed by atoms with E-state index in [-0.39, 0.29) is 0 Å². The lowest BCUT2D eigenvalue weighted by atomic mass is 10.1. The molecule has 0 bridgehead atoms. The molecule has 0 aliphatic rings. The molecule has 1 aromatic rings. The zero-order valence-corrected chi connectivity index (χ0v) is 10.0. The first kappa shape index (κ1) is 13.3. The summed E-state index contributed by atoms with van der Waals surface area (Å²) in [7, 11) is 0. The molecule has 0 heterocycles. The van der Waals surface area contributed by atoms with E-state index >= 15 is 0 Å². The fraction of sp³-hybridized carbons (Fsp3) is 0.308. The van der Waals surface area contributed by atoms with Crippen LogP contribution in [0.2, 0.25) is 0 Å². The molecule has 0 aliphatic heterocycles. The van der Waals surface area contributed by atoms with Crippen LogP contribution in [0.1, 0.15) is 19.4 Å². The monoisotopic (exact) mass is 235 g/mol. The normalized spacial score (nSPS) is 12.4. The highest BCUT2D eigenvalue weighted by molar-refractivity contribution is 5.65. The standard InChI is InChI=1S/C13H17NO3/c1-3-4-11-5-6-12(14-8-10(2)16)7-13(11)17-9-15/h3-7,9-10,14,16H,8H2,1-2H3/b4-3-. The Hall–Kier alpha value is -1.81. The van der Waals surface area contributed by atoms with E-state index in [0.29, 0.717) is 18.8 Å². The van der Waals surface area contributed by atoms with Gasteiger partial charge in [-0.15, -0.1) is 0 Å². The Balaban J connectivity index is 2.88. The topological polar surface area (TPSA) is 58.6 Å². The molecule has 0 saturated carbocycles. The fourth-order valence-corrected chi connectivity index (χ4v) is 1.38. The summed E-state index contributed by atoms with van der Waals surface area (Å²) >= 11 is 0. The molecule has 17 heavy (non-hydrogen) atoms. The molecule has 1 atom stereocenters. The maximum absolute atomic E-state index is 10.4. The highest BCUT2D eigenvalue weighted by Crippen LogP contribution is 2.24. The van der Waals surface area contributed by atoms with Crippen molar-refractivity contribution in [3.05, 3.63) is 29.8 Å². The number of ether oxygens (including phenoxy) is 1. The summed E-state index contributed by atoms with van der Waals surface area (Å²) in [5.74, 6) is 0.494. The average molecular weight is 235 g/mol. The first-order valence-corrected chi connectivity index (χ1v) is 5.46. The number of hydrogen-bond acceptors (Lipinski definition) is 4. The third-order valence-electron chi connectivity index (χ3n) is 2.14. The van der Waals surface area contributed by atoms with Crippen LogP contribution in [0.4, 0.5) is 5.69 Å². The van der Waals surface area contributed by atoms with Crippen LogP contribution in [0, 0.1) is 0 Å². The predicted octanol–water partition coefficient (Wildman–Crippen LogP) is 2.05. The lowest BCUT2D eigenvalue weighted by Gasteiger charge is -2.10. The molecule has 0 saturated heterocycles. The molecule has 0 amide bonds. The summed E-state index contributed by atoms with van der Waals surface area (Å²) in [6.07, 6.45) is 3.30. The number of anilines is 1. The number of aliphatic hydroxyl groups is 1. The van der Waals surface area contributed by atoms with Crippen molar-refractivity contribution >= 4 is 18.2 Å². The van der Waals surface area contributed by atoms with Crippen molar-refractivity contribution < 1.29 is 14.6 Å². The minimum atomic E-state index is -0.430. The second-order valence-electron chi connectivity index (χ2n) is 3.70. The maximum Gasteiger partial charge on any atom is 0.298 e. The van der Waals surface area contributed by atoms with Crippen molar-refractivity contribution in [1.82, 2.24) is 0 Å². The van der Waals surface area contributed by atoms with Crippen molar-refractivity contribution in [1.29, 1.82) is 0 Å². The van der Waals surface area contributed by atoms with Gasteiger partial charge in [-0.2, -0.15) is 0 Å². The highest BCUT2D eigenvalue weighted by Gasteiger charge is 2.03. The lowest BCUT2D eigenvalue weighted by Crippen LogP contribution is -2.15. The quantitative estimate of drug-likeness (QED) is 0.741. The van der Waals surface area contributed by atoms with Crippen molar-refractivity contribution in [2.24, 2.45) is 0 Å². The van der Waals surface area contributed by atoms with Gasteiger partial charge < -0.3 is 15.2 Å². The fourth-order valence-electron chi connectivity index (χ4n) is 1.38. The molecule has 0 aromatic heterocycles. The molecule has 2 N–H and O–H groups in total. The van der Waals surface area contributed by atoms with E-state index in [4.69, 9.17) is 9.84 Å². The van der Waals surface area contributed by atoms with E-state index in [1.165, 1.54) is 0 Å². The minimum absolute atomic E-state index is 0.404. The number of allylic oxidation sites excluding steroid dienone is 1. The van der Waals surface area contributed by atoms with Crippen molar-refractivity contribution in [2.45, 2.75) is 20.0 Å². The van der Waals surface area contributed by atoms with Crippen molar-refractivity contribution in [2.75, 3.05) is 11.9 Å². The van der Waals surface area contributed by atoms with Gasteiger partial charge in [0, 0.05) is 23.9 Å². The third kappa shape index (κ3) is 4.28. The zero-order chi connectivity index (χ0) is 12.7. The van der Waals surface area contributed by atoms with Crippen molar-refractivity contribution in [3.8, 4) is 5.75 Å². The summed E-state index contributed by atoms with van der Waals surface area (Å²) in [6, 6.07) is 5.45. The summed E-state index contributed by atoms with van der Waals surface area (Å²) in [4.78, 5) is 10.4. The number of nitrogens with one attached hydrogen (secondary N) is 1. The maximum atomic E-state index is 10.4. The minimum Gasteiger partial charge on any atom is -0.428 e.